The number of hydrogen-bond acceptors (Lipinski definition) is 3. The summed E-state index contributed by atoms with van der Waals surface area (Å²) in [5, 5.41) is 0. The van der Waals surface area contributed by atoms with E-state index in [0.29, 0.717) is 5.56 Å². The zero-order valence-electron chi connectivity index (χ0n) is 14.6. The average molecular weight is 322 g/mol. The second-order valence-electron chi connectivity index (χ2n) is 6.11. The first-order chi connectivity index (χ1) is 11.3. The highest BCUT2D eigenvalue weighted by atomic mass is 16.6. The predicted molar refractivity (Wildman–Crippen MR) is 95.1 cm³/mol. The molecule has 0 fully saturated rings. The maximum Gasteiger partial charge on any atom is 0.346 e. The fourth-order valence-corrected chi connectivity index (χ4v) is 2.82. The van der Waals surface area contributed by atoms with Crippen molar-refractivity contribution in [2.24, 2.45) is 0 Å². The van der Waals surface area contributed by atoms with Gasteiger partial charge in [0.05, 0.1) is 5.56 Å². The fraction of sp³-hybridized carbons (Fsp3) is 0.238. The fourth-order valence-electron chi connectivity index (χ4n) is 2.82. The standard InChI is InChI=1S/C21H22O3/c1-13-11-14(2)19(15(3)12-13)21(23)24-20(22)17(5)16(4)18-9-7-6-8-10-18/h6-12,16H,5H2,1-4H3. The van der Waals surface area contributed by atoms with E-state index in [-0.39, 0.29) is 11.5 Å². The van der Waals surface area contributed by atoms with Crippen molar-refractivity contribution in [3.63, 3.8) is 0 Å². The van der Waals surface area contributed by atoms with E-state index in [4.69, 9.17) is 4.74 Å². The van der Waals surface area contributed by atoms with Gasteiger partial charge in [0.15, 0.2) is 0 Å². The maximum absolute atomic E-state index is 12.4. The number of benzene rings is 2. The van der Waals surface area contributed by atoms with Crippen LogP contribution in [0.25, 0.3) is 0 Å². The minimum absolute atomic E-state index is 0.216. The number of ether oxygens (including phenoxy) is 1. The molecule has 0 amide bonds. The number of rotatable bonds is 4. The second kappa shape index (κ2) is 7.26. The van der Waals surface area contributed by atoms with Crippen molar-refractivity contribution in [2.75, 3.05) is 0 Å². The van der Waals surface area contributed by atoms with E-state index < -0.39 is 11.9 Å². The minimum atomic E-state index is -0.685. The Balaban J connectivity index is 2.15. The van der Waals surface area contributed by atoms with E-state index >= 15 is 0 Å². The lowest BCUT2D eigenvalue weighted by Gasteiger charge is -2.15. The molecule has 0 aromatic heterocycles. The zero-order valence-corrected chi connectivity index (χ0v) is 14.6. The zero-order chi connectivity index (χ0) is 17.9. The third-order valence-corrected chi connectivity index (χ3v) is 4.15. The molecule has 2 aromatic rings. The molecule has 0 bridgehead atoms. The highest BCUT2D eigenvalue weighted by Crippen LogP contribution is 2.24. The predicted octanol–water partition coefficient (Wildman–Crippen LogP) is 4.66. The maximum atomic E-state index is 12.4. The van der Waals surface area contributed by atoms with Crippen LogP contribution in [0.1, 0.15) is 45.5 Å². The summed E-state index contributed by atoms with van der Waals surface area (Å²) in [6, 6.07) is 13.3. The van der Waals surface area contributed by atoms with Crippen LogP contribution in [0.5, 0.6) is 0 Å². The van der Waals surface area contributed by atoms with Crippen molar-refractivity contribution in [1.82, 2.24) is 0 Å². The number of hydrogen-bond donors (Lipinski definition) is 0. The van der Waals surface area contributed by atoms with Gasteiger partial charge in [-0.1, -0.05) is 61.5 Å². The van der Waals surface area contributed by atoms with Crippen LogP contribution in [0, 0.1) is 20.8 Å². The molecule has 3 nitrogen and oxygen atoms in total. The van der Waals surface area contributed by atoms with Crippen molar-refractivity contribution >= 4 is 11.9 Å². The molecule has 2 aromatic carbocycles. The van der Waals surface area contributed by atoms with Gasteiger partial charge < -0.3 is 4.74 Å². The number of aryl methyl sites for hydroxylation is 3. The lowest BCUT2D eigenvalue weighted by Crippen LogP contribution is -2.18. The number of carbonyl (C=O) groups excluding carboxylic acids is 2. The lowest BCUT2D eigenvalue weighted by molar-refractivity contribution is -0.133. The summed E-state index contributed by atoms with van der Waals surface area (Å²) in [6.45, 7) is 11.3. The molecule has 124 valence electrons. The molecule has 1 unspecified atom stereocenters. The summed E-state index contributed by atoms with van der Waals surface area (Å²) in [6.07, 6.45) is 0. The van der Waals surface area contributed by atoms with Crippen LogP contribution in [-0.2, 0) is 9.53 Å². The van der Waals surface area contributed by atoms with Crippen LogP contribution in [0.4, 0.5) is 0 Å². The van der Waals surface area contributed by atoms with Crippen molar-refractivity contribution in [3.8, 4) is 0 Å². The Morgan fingerprint density at radius 3 is 2.08 bits per heavy atom. The van der Waals surface area contributed by atoms with Gasteiger partial charge in [0, 0.05) is 11.5 Å². The molecule has 0 N–H and O–H groups in total. The summed E-state index contributed by atoms with van der Waals surface area (Å²) in [5.74, 6) is -1.53. The molecule has 0 aliphatic rings. The van der Waals surface area contributed by atoms with Crippen molar-refractivity contribution in [2.45, 2.75) is 33.6 Å². The van der Waals surface area contributed by atoms with Gasteiger partial charge in [0.25, 0.3) is 0 Å². The van der Waals surface area contributed by atoms with Crippen LogP contribution >= 0.6 is 0 Å². The molecule has 0 spiro atoms. The largest absolute Gasteiger partial charge is 0.386 e. The van der Waals surface area contributed by atoms with E-state index in [2.05, 4.69) is 6.58 Å². The van der Waals surface area contributed by atoms with Gasteiger partial charge >= 0.3 is 11.9 Å². The van der Waals surface area contributed by atoms with Gasteiger partial charge in [-0.2, -0.15) is 0 Å². The monoisotopic (exact) mass is 322 g/mol. The average Bonchev–Trinajstić information content (AvgIpc) is 2.53. The van der Waals surface area contributed by atoms with Crippen LogP contribution < -0.4 is 0 Å². The molecule has 0 aliphatic heterocycles. The highest BCUT2D eigenvalue weighted by Gasteiger charge is 2.23. The smallest absolute Gasteiger partial charge is 0.346 e. The second-order valence-corrected chi connectivity index (χ2v) is 6.11. The normalized spacial score (nSPS) is 11.7. The van der Waals surface area contributed by atoms with Gasteiger partial charge in [-0.25, -0.2) is 9.59 Å². The van der Waals surface area contributed by atoms with Gasteiger partial charge in [-0.15, -0.1) is 0 Å². The Kier molecular flexibility index (Phi) is 5.35. The van der Waals surface area contributed by atoms with Crippen LogP contribution in [-0.4, -0.2) is 11.9 Å². The van der Waals surface area contributed by atoms with Crippen molar-refractivity contribution < 1.29 is 14.3 Å². The Bertz CT molecular complexity index is 765. The van der Waals surface area contributed by atoms with Crippen LogP contribution in [0.15, 0.2) is 54.6 Å². The minimum Gasteiger partial charge on any atom is -0.386 e. The molecule has 0 radical (unpaired) electrons. The Morgan fingerprint density at radius 1 is 1.00 bits per heavy atom. The molecule has 0 saturated heterocycles. The highest BCUT2D eigenvalue weighted by molar-refractivity contribution is 6.03. The van der Waals surface area contributed by atoms with Crippen molar-refractivity contribution in [3.05, 3.63) is 82.4 Å². The molecular formula is C21H22O3. The van der Waals surface area contributed by atoms with Gasteiger partial charge in [-0.3, -0.25) is 0 Å². The molecule has 3 heteroatoms. The van der Waals surface area contributed by atoms with Gasteiger partial charge in [-0.05, 0) is 37.5 Å². The number of esters is 2. The summed E-state index contributed by atoms with van der Waals surface area (Å²) in [4.78, 5) is 24.7. The summed E-state index contributed by atoms with van der Waals surface area (Å²) in [5.41, 5.74) is 4.31. The summed E-state index contributed by atoms with van der Waals surface area (Å²) in [7, 11) is 0. The first-order valence-corrected chi connectivity index (χ1v) is 7.89. The SMILES string of the molecule is C=C(C(=O)OC(=O)c1c(C)cc(C)cc1C)C(C)c1ccccc1. The van der Waals surface area contributed by atoms with E-state index in [9.17, 15) is 9.59 Å². The summed E-state index contributed by atoms with van der Waals surface area (Å²) >= 11 is 0. The van der Waals surface area contributed by atoms with Crippen LogP contribution in [0.3, 0.4) is 0 Å². The quantitative estimate of drug-likeness (QED) is 0.467. The van der Waals surface area contributed by atoms with E-state index in [0.717, 1.165) is 22.3 Å². The Hall–Kier alpha value is -2.68. The molecule has 24 heavy (non-hydrogen) atoms. The van der Waals surface area contributed by atoms with Crippen LogP contribution in [0.2, 0.25) is 0 Å². The van der Waals surface area contributed by atoms with E-state index in [1.165, 1.54) is 0 Å². The molecule has 2 rings (SSSR count). The topological polar surface area (TPSA) is 43.4 Å². The first-order valence-electron chi connectivity index (χ1n) is 7.89. The van der Waals surface area contributed by atoms with Crippen molar-refractivity contribution in [1.29, 1.82) is 0 Å². The molecular weight excluding hydrogens is 300 g/mol. The Labute approximate surface area is 143 Å². The first kappa shape index (κ1) is 17.7. The van der Waals surface area contributed by atoms with Gasteiger partial charge in [0.1, 0.15) is 0 Å². The Morgan fingerprint density at radius 2 is 1.54 bits per heavy atom. The van der Waals surface area contributed by atoms with E-state index in [1.807, 2.05) is 70.2 Å². The third kappa shape index (κ3) is 3.80. The molecule has 0 saturated carbocycles. The van der Waals surface area contributed by atoms with E-state index in [1.54, 1.807) is 0 Å². The molecule has 0 heterocycles. The number of carbonyl (C=O) groups is 2. The molecule has 0 aliphatic carbocycles. The third-order valence-electron chi connectivity index (χ3n) is 4.15. The molecule has 1 atom stereocenters. The summed E-state index contributed by atoms with van der Waals surface area (Å²) < 4.78 is 5.06. The van der Waals surface area contributed by atoms with Gasteiger partial charge in [0.2, 0.25) is 0 Å². The lowest BCUT2D eigenvalue weighted by atomic mass is 9.94.